The number of aryl methyl sites for hydroxylation is 1. The number of para-hydroxylation sites is 1. The number of carbonyl (C=O) groups excluding carboxylic acids is 2. The van der Waals surface area contributed by atoms with Gasteiger partial charge in [0.25, 0.3) is 5.88 Å². The molecule has 1 unspecified atom stereocenters. The third-order valence-corrected chi connectivity index (χ3v) is 17.1. The molecule has 2 aromatic carbocycles. The number of aliphatic hydroxyl groups is 1. The molecule has 2 saturated heterocycles. The number of amides is 2. The number of anilines is 1. The summed E-state index contributed by atoms with van der Waals surface area (Å²) in [5.41, 5.74) is 10.1. The predicted octanol–water partition coefficient (Wildman–Crippen LogP) is 8.26. The molecule has 4 N–H and O–H groups in total. The number of aromatic hydroxyl groups is 1. The number of piperidine rings is 1. The minimum Gasteiger partial charge on any atom is -0.507 e. The van der Waals surface area contributed by atoms with Crippen LogP contribution in [-0.4, -0.2) is 124 Å². The highest BCUT2D eigenvalue weighted by molar-refractivity contribution is 7.13. The Morgan fingerprint density at radius 1 is 1.00 bits per heavy atom. The van der Waals surface area contributed by atoms with Crippen molar-refractivity contribution in [2.24, 2.45) is 5.92 Å². The number of rotatable bonds is 15. The van der Waals surface area contributed by atoms with Crippen LogP contribution in [0.5, 0.6) is 17.4 Å². The molecule has 3 fully saturated rings. The molecule has 7 aromatic rings. The summed E-state index contributed by atoms with van der Waals surface area (Å²) in [6.45, 7) is 11.0. The Morgan fingerprint density at radius 2 is 1.79 bits per heavy atom. The maximum Gasteiger partial charge on any atom is 0.255 e. The number of carbonyl (C=O) groups is 2. The van der Waals surface area contributed by atoms with Crippen LogP contribution in [-0.2, 0) is 22.6 Å². The maximum atomic E-state index is 14.2. The average Bonchev–Trinajstić information content (AvgIpc) is 4.31. The molecule has 4 atom stereocenters. The number of likely N-dealkylation sites (tertiary alicyclic amines) is 2. The Labute approximate surface area is 451 Å². The van der Waals surface area contributed by atoms with Crippen LogP contribution in [0.25, 0.3) is 32.7 Å². The van der Waals surface area contributed by atoms with Crippen LogP contribution in [0.2, 0.25) is 0 Å². The molecular weight excluding hydrogens is 995 g/mol. The van der Waals surface area contributed by atoms with Crippen molar-refractivity contribution in [3.63, 3.8) is 0 Å². The average molecular weight is 1060 g/mol. The molecule has 19 heteroatoms. The van der Waals surface area contributed by atoms with Gasteiger partial charge in [0.1, 0.15) is 23.5 Å². The van der Waals surface area contributed by atoms with Crippen LogP contribution in [0.4, 0.5) is 5.95 Å². The van der Waals surface area contributed by atoms with Gasteiger partial charge in [0.05, 0.1) is 40.0 Å². The molecule has 8 heterocycles. The number of H-pyrrole nitrogens is 1. The lowest BCUT2D eigenvalue weighted by molar-refractivity contribution is -0.141. The van der Waals surface area contributed by atoms with Crippen LogP contribution in [0.3, 0.4) is 0 Å². The lowest BCUT2D eigenvalue weighted by Crippen LogP contribution is -2.48. The summed E-state index contributed by atoms with van der Waals surface area (Å²) < 4.78 is 17.8. The van der Waals surface area contributed by atoms with Gasteiger partial charge in [0, 0.05) is 84.7 Å². The number of hydrogen-bond acceptors (Lipinski definition) is 16. The van der Waals surface area contributed by atoms with Gasteiger partial charge in [-0.25, -0.2) is 15.0 Å². The molecule has 11 rings (SSSR count). The molecule has 2 amide bonds. The predicted molar refractivity (Wildman–Crippen MR) is 291 cm³/mol. The fraction of sp³-hybridized carbons (Fsp3) is 0.448. The number of β-amino-alcohol motifs (C(OH)–C–C–N with tert-alkyl or cyclic N) is 1. The molecule has 0 bridgehead atoms. The van der Waals surface area contributed by atoms with Crippen molar-refractivity contribution in [1.29, 1.82) is 0 Å². The van der Waals surface area contributed by atoms with Gasteiger partial charge in [0.2, 0.25) is 17.8 Å². The van der Waals surface area contributed by atoms with E-state index >= 15 is 0 Å². The van der Waals surface area contributed by atoms with Gasteiger partial charge in [-0.1, -0.05) is 44.0 Å². The molecular formula is C58H65N11O7S. The number of benzene rings is 2. The molecule has 1 aliphatic carbocycles. The summed E-state index contributed by atoms with van der Waals surface area (Å²) in [4.78, 5) is 53.6. The lowest BCUT2D eigenvalue weighted by atomic mass is 9.87. The monoisotopic (exact) mass is 1060 g/mol. The van der Waals surface area contributed by atoms with Crippen molar-refractivity contribution >= 4 is 40.1 Å². The number of terminal acetylenes is 1. The molecule has 4 aliphatic rings. The number of phenolic OH excluding ortho intramolecular Hbond substituents is 1. The second-order valence-electron chi connectivity index (χ2n) is 21.3. The maximum absolute atomic E-state index is 14.2. The van der Waals surface area contributed by atoms with Gasteiger partial charge < -0.3 is 49.2 Å². The highest BCUT2D eigenvalue weighted by atomic mass is 32.1. The van der Waals surface area contributed by atoms with E-state index in [1.54, 1.807) is 29.5 Å². The van der Waals surface area contributed by atoms with E-state index in [0.717, 1.165) is 115 Å². The third kappa shape index (κ3) is 10.7. The number of ether oxygens (including phenoxy) is 2. The Hall–Kier alpha value is -7.40. The van der Waals surface area contributed by atoms with Gasteiger partial charge >= 0.3 is 0 Å². The summed E-state index contributed by atoms with van der Waals surface area (Å²) >= 11 is 1.58. The van der Waals surface area contributed by atoms with Crippen LogP contribution in [0, 0.1) is 25.2 Å². The second-order valence-corrected chi connectivity index (χ2v) is 22.2. The van der Waals surface area contributed by atoms with Crippen LogP contribution < -0.4 is 19.7 Å². The molecule has 400 valence electrons. The summed E-state index contributed by atoms with van der Waals surface area (Å²) in [6, 6.07) is 16.5. The van der Waals surface area contributed by atoms with Gasteiger partial charge in [-0.15, -0.1) is 28.0 Å². The number of nitrogens with one attached hydrogen (secondary N) is 2. The minimum absolute atomic E-state index is 0.00336. The SMILES string of the molecule is C#CCOc1cc(C(C(=O)N2C[C@H](O)C[C@H]2C(=O)NCc2ccc(-c3scnc3C)cc2O[C@H]2CC[C@@H](N3CCC(c4cnc(N5CCc6[nH]c7nnc(-c8ccccc8O)cc7c6[C@@H]5C)nc4)CC3)CC2)C(C)C)on1. The van der Waals surface area contributed by atoms with E-state index in [4.69, 9.17) is 30.4 Å². The molecule has 0 spiro atoms. The Balaban J connectivity index is 0.697. The largest absolute Gasteiger partial charge is 0.507 e. The van der Waals surface area contributed by atoms with Gasteiger partial charge in [-0.05, 0) is 118 Å². The fourth-order valence-electron chi connectivity index (χ4n) is 12.1. The first-order valence-corrected chi connectivity index (χ1v) is 27.8. The van der Waals surface area contributed by atoms with Gasteiger partial charge in [-0.3, -0.25) is 9.59 Å². The lowest BCUT2D eigenvalue weighted by Gasteiger charge is -2.41. The first kappa shape index (κ1) is 51.7. The Kier molecular flexibility index (Phi) is 15.0. The fourth-order valence-corrected chi connectivity index (χ4v) is 12.9. The topological polar surface area (TPSA) is 221 Å². The standard InChI is InChI=1S/C58H65N11O7S/c1-6-23-74-51-27-50(76-66-51)52(33(2)3)57(73)69-31-41(70)25-47(69)56(72)59-28-38-12-11-37(54-34(4)62-32-77-54)24-49(38)75-42-15-13-40(14-16-42)67-20-17-36(18-21-67)39-29-60-58(61-30-39)68-22-19-45-53(35(68)5)44-26-46(64-65-55(44)63-45)43-9-7-8-10-48(43)71/h1,7-12,24,26-27,29-30,32-33,35-36,40-42,47,52,70-71H,13-23,25,28,31H2,2-5H3,(H,59,72)(H,63,65)/t35-,40-,41+,42+,47-,52?/m0/s1. The summed E-state index contributed by atoms with van der Waals surface area (Å²) in [5.74, 6) is 3.22. The summed E-state index contributed by atoms with van der Waals surface area (Å²) in [7, 11) is 0. The van der Waals surface area contributed by atoms with Crippen LogP contribution >= 0.6 is 11.3 Å². The van der Waals surface area contributed by atoms with E-state index in [-0.39, 0.29) is 67.6 Å². The second kappa shape index (κ2) is 22.3. The molecule has 3 aliphatic heterocycles. The van der Waals surface area contributed by atoms with E-state index in [1.165, 1.54) is 10.5 Å². The molecule has 0 radical (unpaired) electrons. The summed E-state index contributed by atoms with van der Waals surface area (Å²) in [5, 5.41) is 38.3. The molecule has 77 heavy (non-hydrogen) atoms. The van der Waals surface area contributed by atoms with Crippen molar-refractivity contribution in [2.45, 2.75) is 128 Å². The molecule has 1 saturated carbocycles. The van der Waals surface area contributed by atoms with Crippen molar-refractivity contribution in [2.75, 3.05) is 37.7 Å². The van der Waals surface area contributed by atoms with Gasteiger partial charge in [0.15, 0.2) is 18.0 Å². The molecule has 18 nitrogen and oxygen atoms in total. The minimum atomic E-state index is -0.882. The quantitative estimate of drug-likeness (QED) is 0.0710. The third-order valence-electron chi connectivity index (χ3n) is 16.2. The van der Waals surface area contributed by atoms with E-state index in [2.05, 4.69) is 59.3 Å². The molecule has 5 aromatic heterocycles. The zero-order chi connectivity index (χ0) is 53.3. The number of hydrogen-bond donors (Lipinski definition) is 4. The van der Waals surface area contributed by atoms with Crippen molar-refractivity contribution in [3.8, 4) is 51.4 Å². The zero-order valence-electron chi connectivity index (χ0n) is 43.9. The van der Waals surface area contributed by atoms with Gasteiger partial charge in [-0.2, -0.15) is 0 Å². The zero-order valence-corrected chi connectivity index (χ0v) is 44.7. The Morgan fingerprint density at radius 3 is 2.53 bits per heavy atom. The highest BCUT2D eigenvalue weighted by Gasteiger charge is 2.43. The van der Waals surface area contributed by atoms with Crippen molar-refractivity contribution in [3.05, 3.63) is 106 Å². The van der Waals surface area contributed by atoms with E-state index < -0.39 is 18.1 Å². The van der Waals surface area contributed by atoms with E-state index in [0.29, 0.717) is 34.7 Å². The number of fused-ring (bicyclic) bond motifs is 3. The summed E-state index contributed by atoms with van der Waals surface area (Å²) in [6.07, 6.45) is 15.4. The Bertz CT molecular complexity index is 3280. The number of thiazole rings is 1. The van der Waals surface area contributed by atoms with E-state index in [9.17, 15) is 19.8 Å². The van der Waals surface area contributed by atoms with Crippen molar-refractivity contribution < 1.29 is 33.8 Å². The number of phenols is 1. The normalized spacial score (nSPS) is 21.5. The smallest absolute Gasteiger partial charge is 0.255 e. The first-order chi connectivity index (χ1) is 37.4. The van der Waals surface area contributed by atoms with Crippen molar-refractivity contribution in [1.82, 2.24) is 50.4 Å². The number of nitrogens with zero attached hydrogens (tertiary/aromatic N) is 9. The number of aromatic amines is 1. The van der Waals surface area contributed by atoms with Crippen LogP contribution in [0.15, 0.2) is 77.0 Å². The number of aliphatic hydroxyl groups excluding tert-OH is 1. The number of aromatic nitrogens is 7. The first-order valence-electron chi connectivity index (χ1n) is 26.9. The highest BCUT2D eigenvalue weighted by Crippen LogP contribution is 2.41. The van der Waals surface area contributed by atoms with Crippen LogP contribution in [0.1, 0.15) is 117 Å². The van der Waals surface area contributed by atoms with E-state index in [1.807, 2.05) is 69.0 Å².